The first-order chi connectivity index (χ1) is 7.81. The highest BCUT2D eigenvalue weighted by Gasteiger charge is 2.32. The Labute approximate surface area is 114 Å². The SMILES string of the molecule is CCN1C[C@@H]2CNCCc3ccc(Cl)c1c32.Cl. The standard InChI is InChI=1S/C13H17ClN2.ClH/c1-2-16-8-10-7-15-6-5-9-3-4-11(14)13(16)12(9)10;/h3-4,10,15H,2,5-8H2,1H3;1H/t10-;/m0./s1. The molecule has 0 radical (unpaired) electrons. The molecule has 0 aromatic heterocycles. The normalized spacial score (nSPS) is 21.8. The third-order valence-electron chi connectivity index (χ3n) is 3.77. The number of hydrogen-bond acceptors (Lipinski definition) is 2. The van der Waals surface area contributed by atoms with Gasteiger partial charge in [0.2, 0.25) is 0 Å². The van der Waals surface area contributed by atoms with Crippen molar-refractivity contribution >= 4 is 29.7 Å². The second-order valence-electron chi connectivity index (χ2n) is 4.66. The summed E-state index contributed by atoms with van der Waals surface area (Å²) in [4.78, 5) is 2.42. The smallest absolute Gasteiger partial charge is 0.0642 e. The molecule has 2 aliphatic heterocycles. The van der Waals surface area contributed by atoms with Crippen molar-refractivity contribution in [3.05, 3.63) is 28.3 Å². The van der Waals surface area contributed by atoms with Crippen LogP contribution in [0.1, 0.15) is 24.0 Å². The number of benzene rings is 1. The molecule has 0 aliphatic carbocycles. The van der Waals surface area contributed by atoms with Gasteiger partial charge in [-0.1, -0.05) is 17.7 Å². The summed E-state index contributed by atoms with van der Waals surface area (Å²) < 4.78 is 0. The van der Waals surface area contributed by atoms with E-state index in [1.54, 1.807) is 0 Å². The summed E-state index contributed by atoms with van der Waals surface area (Å²) in [5.41, 5.74) is 4.31. The van der Waals surface area contributed by atoms with E-state index in [0.29, 0.717) is 5.92 Å². The van der Waals surface area contributed by atoms with Crippen molar-refractivity contribution in [2.45, 2.75) is 19.3 Å². The number of anilines is 1. The number of likely N-dealkylation sites (N-methyl/N-ethyl adjacent to an activating group) is 1. The fourth-order valence-corrected chi connectivity index (χ4v) is 3.30. The highest BCUT2D eigenvalue weighted by atomic mass is 35.5. The van der Waals surface area contributed by atoms with Crippen LogP contribution in [0.15, 0.2) is 12.1 Å². The van der Waals surface area contributed by atoms with Gasteiger partial charge in [0.15, 0.2) is 0 Å². The maximum absolute atomic E-state index is 6.35. The summed E-state index contributed by atoms with van der Waals surface area (Å²) in [6.07, 6.45) is 1.13. The van der Waals surface area contributed by atoms with Crippen molar-refractivity contribution < 1.29 is 0 Å². The summed E-state index contributed by atoms with van der Waals surface area (Å²) in [5.74, 6) is 0.631. The zero-order chi connectivity index (χ0) is 11.1. The Hall–Kier alpha value is -0.440. The van der Waals surface area contributed by atoms with Crippen LogP contribution in [0.25, 0.3) is 0 Å². The molecule has 3 rings (SSSR count). The highest BCUT2D eigenvalue weighted by molar-refractivity contribution is 6.33. The van der Waals surface area contributed by atoms with E-state index >= 15 is 0 Å². The van der Waals surface area contributed by atoms with Crippen LogP contribution in [-0.2, 0) is 6.42 Å². The summed E-state index contributed by atoms with van der Waals surface area (Å²) in [6, 6.07) is 4.27. The van der Waals surface area contributed by atoms with Gasteiger partial charge in [0.1, 0.15) is 0 Å². The van der Waals surface area contributed by atoms with E-state index in [4.69, 9.17) is 11.6 Å². The zero-order valence-electron chi connectivity index (χ0n) is 10.0. The topological polar surface area (TPSA) is 15.3 Å². The van der Waals surface area contributed by atoms with Gasteiger partial charge in [-0.2, -0.15) is 0 Å². The third-order valence-corrected chi connectivity index (χ3v) is 4.07. The van der Waals surface area contributed by atoms with Gasteiger partial charge in [-0.3, -0.25) is 0 Å². The Morgan fingerprint density at radius 3 is 3.06 bits per heavy atom. The van der Waals surface area contributed by atoms with E-state index in [9.17, 15) is 0 Å². The molecule has 2 aliphatic rings. The first kappa shape index (κ1) is 13.0. The Balaban J connectivity index is 0.00000108. The molecule has 0 fully saturated rings. The second-order valence-corrected chi connectivity index (χ2v) is 5.07. The number of nitrogens with one attached hydrogen (secondary N) is 1. The molecule has 0 unspecified atom stereocenters. The molecule has 0 saturated heterocycles. The van der Waals surface area contributed by atoms with Crippen molar-refractivity contribution in [2.75, 3.05) is 31.1 Å². The van der Waals surface area contributed by atoms with Gasteiger partial charge in [0.25, 0.3) is 0 Å². The van der Waals surface area contributed by atoms with E-state index in [-0.39, 0.29) is 12.4 Å². The first-order valence-electron chi connectivity index (χ1n) is 6.08. The fourth-order valence-electron chi connectivity index (χ4n) is 3.02. The second kappa shape index (κ2) is 5.05. The van der Waals surface area contributed by atoms with Crippen LogP contribution < -0.4 is 10.2 Å². The van der Waals surface area contributed by atoms with Crippen molar-refractivity contribution in [1.82, 2.24) is 5.32 Å². The number of rotatable bonds is 1. The quantitative estimate of drug-likeness (QED) is 0.846. The van der Waals surface area contributed by atoms with Gasteiger partial charge in [-0.15, -0.1) is 12.4 Å². The minimum atomic E-state index is 0. The van der Waals surface area contributed by atoms with Crippen LogP contribution in [0.5, 0.6) is 0 Å². The molecule has 0 saturated carbocycles. The lowest BCUT2D eigenvalue weighted by atomic mass is 9.95. The van der Waals surface area contributed by atoms with Crippen molar-refractivity contribution in [3.8, 4) is 0 Å². The van der Waals surface area contributed by atoms with Crippen LogP contribution >= 0.6 is 24.0 Å². The van der Waals surface area contributed by atoms with Gasteiger partial charge in [-0.05, 0) is 37.1 Å². The van der Waals surface area contributed by atoms with Gasteiger partial charge in [0, 0.05) is 25.6 Å². The average Bonchev–Trinajstić information content (AvgIpc) is 2.55. The van der Waals surface area contributed by atoms with Crippen molar-refractivity contribution in [2.24, 2.45) is 0 Å². The predicted octanol–water partition coefficient (Wildman–Crippen LogP) is 2.83. The third kappa shape index (κ3) is 2.03. The maximum Gasteiger partial charge on any atom is 0.0642 e. The molecule has 0 amide bonds. The van der Waals surface area contributed by atoms with Crippen LogP contribution in [-0.4, -0.2) is 26.2 Å². The molecule has 0 bridgehead atoms. The van der Waals surface area contributed by atoms with Gasteiger partial charge in [0.05, 0.1) is 10.7 Å². The molecular formula is C13H18Cl2N2. The number of hydrogen-bond donors (Lipinski definition) is 1. The van der Waals surface area contributed by atoms with Gasteiger partial charge in [-0.25, -0.2) is 0 Å². The van der Waals surface area contributed by atoms with Crippen molar-refractivity contribution in [3.63, 3.8) is 0 Å². The van der Waals surface area contributed by atoms with E-state index in [0.717, 1.165) is 37.6 Å². The molecule has 1 atom stereocenters. The minimum Gasteiger partial charge on any atom is -0.370 e. The Bertz CT molecular complexity index is 420. The largest absolute Gasteiger partial charge is 0.370 e. The lowest BCUT2D eigenvalue weighted by Crippen LogP contribution is -2.27. The summed E-state index contributed by atoms with van der Waals surface area (Å²) in [6.45, 7) is 6.56. The molecule has 94 valence electrons. The Morgan fingerprint density at radius 2 is 2.29 bits per heavy atom. The van der Waals surface area contributed by atoms with E-state index in [1.165, 1.54) is 16.8 Å². The molecule has 4 heteroatoms. The molecule has 2 nitrogen and oxygen atoms in total. The molecule has 17 heavy (non-hydrogen) atoms. The van der Waals surface area contributed by atoms with Crippen LogP contribution in [0, 0.1) is 0 Å². The van der Waals surface area contributed by atoms with E-state index < -0.39 is 0 Å². The Morgan fingerprint density at radius 1 is 1.47 bits per heavy atom. The van der Waals surface area contributed by atoms with E-state index in [2.05, 4.69) is 29.3 Å². The molecule has 0 spiro atoms. The summed E-state index contributed by atoms with van der Waals surface area (Å²) in [7, 11) is 0. The van der Waals surface area contributed by atoms with Crippen LogP contribution in [0.4, 0.5) is 5.69 Å². The Kier molecular flexibility index (Phi) is 3.86. The monoisotopic (exact) mass is 272 g/mol. The lowest BCUT2D eigenvalue weighted by molar-refractivity contribution is 0.618. The molecule has 1 N–H and O–H groups in total. The lowest BCUT2D eigenvalue weighted by Gasteiger charge is -2.19. The van der Waals surface area contributed by atoms with Gasteiger partial charge >= 0.3 is 0 Å². The predicted molar refractivity (Wildman–Crippen MR) is 75.9 cm³/mol. The van der Waals surface area contributed by atoms with Crippen LogP contribution in [0.2, 0.25) is 5.02 Å². The van der Waals surface area contributed by atoms with Crippen LogP contribution in [0.3, 0.4) is 0 Å². The first-order valence-corrected chi connectivity index (χ1v) is 6.46. The molecule has 2 heterocycles. The summed E-state index contributed by atoms with van der Waals surface area (Å²) in [5, 5.41) is 4.44. The van der Waals surface area contributed by atoms with E-state index in [1.807, 2.05) is 0 Å². The molecular weight excluding hydrogens is 255 g/mol. The highest BCUT2D eigenvalue weighted by Crippen LogP contribution is 2.43. The summed E-state index contributed by atoms with van der Waals surface area (Å²) >= 11 is 6.35. The zero-order valence-corrected chi connectivity index (χ0v) is 11.6. The average molecular weight is 273 g/mol. The fraction of sp³-hybridized carbons (Fsp3) is 0.538. The number of halogens is 2. The number of nitrogens with zero attached hydrogens (tertiary/aromatic N) is 1. The molecule has 1 aromatic carbocycles. The van der Waals surface area contributed by atoms with Crippen molar-refractivity contribution in [1.29, 1.82) is 0 Å². The maximum atomic E-state index is 6.35. The minimum absolute atomic E-state index is 0. The molecule has 1 aromatic rings. The van der Waals surface area contributed by atoms with Gasteiger partial charge < -0.3 is 10.2 Å².